The van der Waals surface area contributed by atoms with Crippen LogP contribution in [0.3, 0.4) is 0 Å². The number of aryl methyl sites for hydroxylation is 1. The molecule has 102 valence electrons. The summed E-state index contributed by atoms with van der Waals surface area (Å²) in [6, 6.07) is 5.32. The molecule has 0 aliphatic carbocycles. The van der Waals surface area contributed by atoms with Gasteiger partial charge in [-0.2, -0.15) is 5.10 Å². The van der Waals surface area contributed by atoms with Gasteiger partial charge in [0, 0.05) is 7.05 Å². The summed E-state index contributed by atoms with van der Waals surface area (Å²) in [5.74, 6) is 1.21. The van der Waals surface area contributed by atoms with Gasteiger partial charge < -0.3 is 14.6 Å². The minimum absolute atomic E-state index is 0.581. The number of aromatic nitrogens is 2. The third-order valence-corrected chi connectivity index (χ3v) is 3.53. The van der Waals surface area contributed by atoms with Crippen molar-refractivity contribution in [1.82, 2.24) is 9.78 Å². The van der Waals surface area contributed by atoms with Crippen LogP contribution >= 0.6 is 15.9 Å². The van der Waals surface area contributed by atoms with Crippen molar-refractivity contribution in [3.8, 4) is 11.5 Å². The number of halogens is 1. The second-order valence-corrected chi connectivity index (χ2v) is 4.87. The first-order chi connectivity index (χ1) is 9.08. The molecule has 1 atom stereocenters. The molecular weight excluding hydrogens is 312 g/mol. The molecule has 0 aliphatic heterocycles. The van der Waals surface area contributed by atoms with Crippen LogP contribution in [0.5, 0.6) is 11.5 Å². The van der Waals surface area contributed by atoms with Crippen molar-refractivity contribution in [2.24, 2.45) is 7.05 Å². The summed E-state index contributed by atoms with van der Waals surface area (Å²) >= 11 is 3.38. The number of ether oxygens (including phenoxy) is 2. The van der Waals surface area contributed by atoms with E-state index >= 15 is 0 Å². The van der Waals surface area contributed by atoms with Crippen LogP contribution < -0.4 is 9.47 Å². The SMILES string of the molecule is COc1ccc(C(O)c2c(Br)cnn2C)cc1OC. The van der Waals surface area contributed by atoms with Crippen molar-refractivity contribution in [2.45, 2.75) is 6.10 Å². The van der Waals surface area contributed by atoms with Gasteiger partial charge in [-0.25, -0.2) is 0 Å². The van der Waals surface area contributed by atoms with Gasteiger partial charge in [-0.3, -0.25) is 4.68 Å². The van der Waals surface area contributed by atoms with Crippen LogP contribution in [-0.2, 0) is 7.05 Å². The summed E-state index contributed by atoms with van der Waals surface area (Å²) in [7, 11) is 4.92. The first kappa shape index (κ1) is 13.9. The molecule has 5 nitrogen and oxygen atoms in total. The predicted molar refractivity (Wildman–Crippen MR) is 74.5 cm³/mol. The zero-order chi connectivity index (χ0) is 14.0. The van der Waals surface area contributed by atoms with Crippen molar-refractivity contribution >= 4 is 15.9 Å². The molecule has 0 aliphatic rings. The average molecular weight is 327 g/mol. The van der Waals surface area contributed by atoms with Crippen molar-refractivity contribution in [3.63, 3.8) is 0 Å². The first-order valence-corrected chi connectivity index (χ1v) is 6.45. The zero-order valence-electron chi connectivity index (χ0n) is 10.9. The zero-order valence-corrected chi connectivity index (χ0v) is 12.5. The van der Waals surface area contributed by atoms with Crippen LogP contribution in [0, 0.1) is 0 Å². The van der Waals surface area contributed by atoms with Crippen molar-refractivity contribution in [2.75, 3.05) is 14.2 Å². The lowest BCUT2D eigenvalue weighted by atomic mass is 10.1. The van der Waals surface area contributed by atoms with E-state index in [-0.39, 0.29) is 0 Å². The van der Waals surface area contributed by atoms with Crippen LogP contribution in [0.4, 0.5) is 0 Å². The molecule has 0 saturated heterocycles. The molecule has 0 spiro atoms. The summed E-state index contributed by atoms with van der Waals surface area (Å²) < 4.78 is 12.8. The van der Waals surface area contributed by atoms with Gasteiger partial charge in [0.2, 0.25) is 0 Å². The summed E-state index contributed by atoms with van der Waals surface area (Å²) in [5, 5.41) is 14.5. The maximum atomic E-state index is 10.4. The highest BCUT2D eigenvalue weighted by Crippen LogP contribution is 2.34. The van der Waals surface area contributed by atoms with Gasteiger partial charge in [0.05, 0.1) is 30.6 Å². The Kier molecular flexibility index (Phi) is 4.11. The van der Waals surface area contributed by atoms with Gasteiger partial charge in [-0.1, -0.05) is 6.07 Å². The van der Waals surface area contributed by atoms with E-state index in [9.17, 15) is 5.11 Å². The second kappa shape index (κ2) is 5.63. The Morgan fingerprint density at radius 3 is 2.47 bits per heavy atom. The third-order valence-electron chi connectivity index (χ3n) is 2.92. The Labute approximate surface area is 119 Å². The third kappa shape index (κ3) is 2.59. The van der Waals surface area contributed by atoms with Gasteiger partial charge in [0.15, 0.2) is 11.5 Å². The van der Waals surface area contributed by atoms with E-state index in [1.165, 1.54) is 0 Å². The maximum Gasteiger partial charge on any atom is 0.161 e. The number of aliphatic hydroxyl groups is 1. The largest absolute Gasteiger partial charge is 0.493 e. The van der Waals surface area contributed by atoms with Crippen LogP contribution in [-0.4, -0.2) is 29.1 Å². The molecule has 19 heavy (non-hydrogen) atoms. The lowest BCUT2D eigenvalue weighted by Gasteiger charge is -2.15. The Morgan fingerprint density at radius 2 is 1.95 bits per heavy atom. The highest BCUT2D eigenvalue weighted by molar-refractivity contribution is 9.10. The number of benzene rings is 1. The van der Waals surface area contributed by atoms with Crippen molar-refractivity contribution < 1.29 is 14.6 Å². The fraction of sp³-hybridized carbons (Fsp3) is 0.308. The van der Waals surface area contributed by atoms with E-state index in [2.05, 4.69) is 21.0 Å². The smallest absolute Gasteiger partial charge is 0.161 e. The second-order valence-electron chi connectivity index (χ2n) is 4.02. The van der Waals surface area contributed by atoms with E-state index in [1.54, 1.807) is 50.3 Å². The Hall–Kier alpha value is -1.53. The van der Waals surface area contributed by atoms with Gasteiger partial charge in [-0.05, 0) is 33.6 Å². The lowest BCUT2D eigenvalue weighted by Crippen LogP contribution is -2.07. The molecule has 0 bridgehead atoms. The molecule has 1 aromatic carbocycles. The first-order valence-electron chi connectivity index (χ1n) is 5.66. The number of hydrogen-bond acceptors (Lipinski definition) is 4. The predicted octanol–water partition coefficient (Wildman–Crippen LogP) is 2.28. The summed E-state index contributed by atoms with van der Waals surface area (Å²) in [4.78, 5) is 0. The van der Waals surface area contributed by atoms with E-state index in [0.717, 1.165) is 4.47 Å². The molecular formula is C13H15BrN2O3. The number of methoxy groups -OCH3 is 2. The minimum Gasteiger partial charge on any atom is -0.493 e. The average Bonchev–Trinajstić information content (AvgIpc) is 2.76. The monoisotopic (exact) mass is 326 g/mol. The fourth-order valence-electron chi connectivity index (χ4n) is 1.91. The standard InChI is InChI=1S/C13H15BrN2O3/c1-16-12(9(14)7-15-16)13(17)8-4-5-10(18-2)11(6-8)19-3/h4-7,13,17H,1-3H3. The normalized spacial score (nSPS) is 12.3. The molecule has 2 rings (SSSR count). The molecule has 1 unspecified atom stereocenters. The Bertz CT molecular complexity index is 564. The Balaban J connectivity index is 2.42. The van der Waals surface area contributed by atoms with Crippen molar-refractivity contribution in [3.05, 3.63) is 40.1 Å². The number of hydrogen-bond donors (Lipinski definition) is 1. The maximum absolute atomic E-state index is 10.4. The highest BCUT2D eigenvalue weighted by atomic mass is 79.9. The molecule has 0 radical (unpaired) electrons. The molecule has 2 aromatic rings. The summed E-state index contributed by atoms with van der Waals surface area (Å²) in [6.45, 7) is 0. The van der Waals surface area contributed by atoms with E-state index in [0.29, 0.717) is 22.8 Å². The quantitative estimate of drug-likeness (QED) is 0.936. The van der Waals surface area contributed by atoms with Gasteiger partial charge >= 0.3 is 0 Å². The van der Waals surface area contributed by atoms with Crippen molar-refractivity contribution in [1.29, 1.82) is 0 Å². The molecule has 1 N–H and O–H groups in total. The molecule has 6 heteroatoms. The number of aliphatic hydroxyl groups excluding tert-OH is 1. The molecule has 0 fully saturated rings. The molecule has 0 amide bonds. The van der Waals surface area contributed by atoms with Crippen LogP contribution in [0.25, 0.3) is 0 Å². The van der Waals surface area contributed by atoms with E-state index < -0.39 is 6.10 Å². The molecule has 1 heterocycles. The topological polar surface area (TPSA) is 56.5 Å². The lowest BCUT2D eigenvalue weighted by molar-refractivity contribution is 0.208. The molecule has 0 saturated carbocycles. The van der Waals surface area contributed by atoms with E-state index in [4.69, 9.17) is 9.47 Å². The van der Waals surface area contributed by atoms with E-state index in [1.807, 2.05) is 0 Å². The summed E-state index contributed by atoms with van der Waals surface area (Å²) in [5.41, 5.74) is 1.40. The summed E-state index contributed by atoms with van der Waals surface area (Å²) in [6.07, 6.45) is 0.862. The minimum atomic E-state index is -0.790. The van der Waals surface area contributed by atoms with Gasteiger partial charge in [0.25, 0.3) is 0 Å². The number of nitrogens with zero attached hydrogens (tertiary/aromatic N) is 2. The highest BCUT2D eigenvalue weighted by Gasteiger charge is 2.19. The van der Waals surface area contributed by atoms with Crippen LogP contribution in [0.1, 0.15) is 17.4 Å². The van der Waals surface area contributed by atoms with Gasteiger partial charge in [-0.15, -0.1) is 0 Å². The number of rotatable bonds is 4. The molecule has 1 aromatic heterocycles. The Morgan fingerprint density at radius 1 is 1.26 bits per heavy atom. The van der Waals surface area contributed by atoms with Crippen LogP contribution in [0.2, 0.25) is 0 Å². The van der Waals surface area contributed by atoms with Crippen LogP contribution in [0.15, 0.2) is 28.9 Å². The fourth-order valence-corrected chi connectivity index (χ4v) is 2.47. The van der Waals surface area contributed by atoms with Gasteiger partial charge in [0.1, 0.15) is 6.10 Å².